The Kier molecular flexibility index (Phi) is 7.80. The van der Waals surface area contributed by atoms with E-state index in [0.717, 1.165) is 0 Å². The molecule has 1 aliphatic rings. The van der Waals surface area contributed by atoms with Gasteiger partial charge in [-0.1, -0.05) is 18.2 Å². The zero-order chi connectivity index (χ0) is 30.0. The number of hydrogen-bond donors (Lipinski definition) is 3. The number of para-hydroxylation sites is 1. The number of ether oxygens (including phenoxy) is 1. The average molecular weight is 569 g/mol. The Hall–Kier alpha value is -4.99. The van der Waals surface area contributed by atoms with Gasteiger partial charge < -0.3 is 20.9 Å². The molecule has 42 heavy (non-hydrogen) atoms. The molecule has 1 fully saturated rings. The lowest BCUT2D eigenvalue weighted by molar-refractivity contribution is -0.117. The number of fused-ring (bicyclic) bond motifs is 1. The van der Waals surface area contributed by atoms with Gasteiger partial charge in [-0.05, 0) is 63.2 Å². The number of hydrogen-bond acceptors (Lipinski definition) is 9. The summed E-state index contributed by atoms with van der Waals surface area (Å²) >= 11 is 0. The Bertz CT molecular complexity index is 1730. The van der Waals surface area contributed by atoms with Gasteiger partial charge in [-0.2, -0.15) is 5.26 Å². The highest BCUT2D eigenvalue weighted by Crippen LogP contribution is 2.26. The maximum absolute atomic E-state index is 13.7. The molecular formula is C30H32N8O4. The Morgan fingerprint density at radius 1 is 1.19 bits per heavy atom. The first-order valence-corrected chi connectivity index (χ1v) is 13.5. The van der Waals surface area contributed by atoms with Crippen molar-refractivity contribution in [3.05, 3.63) is 83.1 Å². The Morgan fingerprint density at radius 3 is 2.50 bits per heavy atom. The molecule has 2 aromatic carbocycles. The third-order valence-corrected chi connectivity index (χ3v) is 7.18. The molecule has 216 valence electrons. The van der Waals surface area contributed by atoms with Crippen LogP contribution < -0.4 is 21.5 Å². The van der Waals surface area contributed by atoms with Gasteiger partial charge >= 0.3 is 5.69 Å². The number of nitrogens with one attached hydrogen (secondary N) is 1. The first-order valence-electron chi connectivity index (χ1n) is 13.5. The van der Waals surface area contributed by atoms with Crippen molar-refractivity contribution in [2.45, 2.75) is 45.0 Å². The second kappa shape index (κ2) is 11.5. The molecule has 5 rings (SSSR count). The van der Waals surface area contributed by atoms with E-state index in [0.29, 0.717) is 41.4 Å². The largest absolute Gasteiger partial charge is 0.457 e. The van der Waals surface area contributed by atoms with Crippen LogP contribution in [0.25, 0.3) is 16.9 Å². The lowest BCUT2D eigenvalue weighted by Crippen LogP contribution is -2.59. The van der Waals surface area contributed by atoms with Crippen LogP contribution in [-0.4, -0.2) is 65.8 Å². The number of anilines is 1. The summed E-state index contributed by atoms with van der Waals surface area (Å²) in [4.78, 5) is 37.1. The van der Waals surface area contributed by atoms with Crippen LogP contribution in [0.3, 0.4) is 0 Å². The number of nitrogens with zero attached hydrogens (tertiary/aromatic N) is 6. The fourth-order valence-corrected chi connectivity index (χ4v) is 4.93. The van der Waals surface area contributed by atoms with Gasteiger partial charge in [0.15, 0.2) is 11.5 Å². The summed E-state index contributed by atoms with van der Waals surface area (Å²) in [6, 6.07) is 17.8. The summed E-state index contributed by atoms with van der Waals surface area (Å²) in [6.45, 7) is 6.51. The summed E-state index contributed by atoms with van der Waals surface area (Å²) < 4.78 is 8.72. The van der Waals surface area contributed by atoms with Crippen molar-refractivity contribution in [1.82, 2.24) is 29.3 Å². The lowest BCUT2D eigenvalue weighted by Gasteiger charge is -2.46. The summed E-state index contributed by atoms with van der Waals surface area (Å²) in [6.07, 6.45) is 2.47. The number of carbonyl (C=O) groups excluding carboxylic acids is 1. The number of nitriles is 1. The molecule has 0 aliphatic carbocycles. The highest BCUT2D eigenvalue weighted by Gasteiger charge is 2.36. The fraction of sp³-hybridized carbons (Fsp3) is 0.300. The second-order valence-electron chi connectivity index (χ2n) is 10.8. The molecule has 1 aliphatic heterocycles. The number of nitrogens with two attached hydrogens (primary N) is 1. The van der Waals surface area contributed by atoms with Crippen LogP contribution in [0.15, 0.2) is 77.4 Å². The van der Waals surface area contributed by atoms with E-state index in [2.05, 4.69) is 15.3 Å². The summed E-state index contributed by atoms with van der Waals surface area (Å²) in [5.41, 5.74) is 6.34. The molecule has 3 heterocycles. The molecule has 0 radical (unpaired) electrons. The van der Waals surface area contributed by atoms with Crippen LogP contribution in [-0.2, 0) is 11.3 Å². The molecular weight excluding hydrogens is 536 g/mol. The maximum atomic E-state index is 13.7. The van der Waals surface area contributed by atoms with Crippen molar-refractivity contribution in [3.8, 4) is 23.3 Å². The average Bonchev–Trinajstić information content (AvgIpc) is 3.22. The van der Waals surface area contributed by atoms with Crippen molar-refractivity contribution < 1.29 is 14.6 Å². The number of benzene rings is 2. The number of amides is 1. The third-order valence-electron chi connectivity index (χ3n) is 7.18. The normalized spacial score (nSPS) is 15.2. The molecule has 1 unspecified atom stereocenters. The minimum absolute atomic E-state index is 0.0487. The SMILES string of the molecule is CC(Cn1c(=O)n(-c2ccc(Oc3ccccc3)cc2)c2c(N)ncnc21)NC(=O)C(C#N)=CC(C)(C)N1CC(O)C1. The number of rotatable bonds is 9. The first-order chi connectivity index (χ1) is 20.1. The number of likely N-dealkylation sites (tertiary alicyclic amines) is 1. The molecule has 0 bridgehead atoms. The monoisotopic (exact) mass is 568 g/mol. The predicted molar refractivity (Wildman–Crippen MR) is 157 cm³/mol. The van der Waals surface area contributed by atoms with Gasteiger partial charge in [0.2, 0.25) is 0 Å². The molecule has 1 saturated heterocycles. The van der Waals surface area contributed by atoms with Crippen molar-refractivity contribution in [3.63, 3.8) is 0 Å². The number of nitrogen functional groups attached to an aromatic ring is 1. The summed E-state index contributed by atoms with van der Waals surface area (Å²) in [5.74, 6) is 0.853. The Labute approximate surface area is 242 Å². The van der Waals surface area contributed by atoms with E-state index >= 15 is 0 Å². The van der Waals surface area contributed by atoms with E-state index in [1.807, 2.05) is 55.1 Å². The van der Waals surface area contributed by atoms with E-state index in [1.54, 1.807) is 37.3 Å². The fourth-order valence-electron chi connectivity index (χ4n) is 4.93. The number of imidazole rings is 1. The van der Waals surface area contributed by atoms with Crippen LogP contribution in [0.1, 0.15) is 20.8 Å². The van der Waals surface area contributed by atoms with Gasteiger partial charge in [-0.3, -0.25) is 18.8 Å². The van der Waals surface area contributed by atoms with Crippen molar-refractivity contribution in [1.29, 1.82) is 5.26 Å². The molecule has 4 N–H and O–H groups in total. The summed E-state index contributed by atoms with van der Waals surface area (Å²) in [5, 5.41) is 22.1. The van der Waals surface area contributed by atoms with Crippen molar-refractivity contribution >= 4 is 22.9 Å². The van der Waals surface area contributed by atoms with Crippen LogP contribution in [0, 0.1) is 11.3 Å². The number of aliphatic hydroxyl groups excluding tert-OH is 1. The van der Waals surface area contributed by atoms with Crippen LogP contribution in [0.2, 0.25) is 0 Å². The highest BCUT2D eigenvalue weighted by atomic mass is 16.5. The number of β-amino-alcohol motifs (C(OH)–C–C–N with tert-alkyl or cyclic N) is 1. The number of aliphatic hydroxyl groups is 1. The van der Waals surface area contributed by atoms with Gasteiger partial charge in [0, 0.05) is 31.2 Å². The quantitative estimate of drug-likeness (QED) is 0.203. The highest BCUT2D eigenvalue weighted by molar-refractivity contribution is 5.97. The van der Waals surface area contributed by atoms with Gasteiger partial charge in [-0.15, -0.1) is 0 Å². The standard InChI is InChI=1S/C30H32N8O4/c1-19(35-28(40)20(14-31)13-30(2,3)36-16-22(39)17-36)15-37-27-25(26(32)33-18-34-27)38(29(37)41)21-9-11-24(12-10-21)42-23-7-5-4-6-8-23/h4-13,18-19,22,39H,15-17H2,1-3H3,(H,35,40)(H2,32,33,34). The second-order valence-corrected chi connectivity index (χ2v) is 10.8. The minimum Gasteiger partial charge on any atom is -0.457 e. The zero-order valence-corrected chi connectivity index (χ0v) is 23.6. The Morgan fingerprint density at radius 2 is 1.86 bits per heavy atom. The maximum Gasteiger partial charge on any atom is 0.335 e. The molecule has 12 heteroatoms. The topological polar surface area (TPSA) is 164 Å². The van der Waals surface area contributed by atoms with Gasteiger partial charge in [0.05, 0.1) is 11.8 Å². The van der Waals surface area contributed by atoms with Crippen LogP contribution >= 0.6 is 0 Å². The van der Waals surface area contributed by atoms with Crippen molar-refractivity contribution in [2.75, 3.05) is 18.8 Å². The van der Waals surface area contributed by atoms with E-state index < -0.39 is 29.3 Å². The van der Waals surface area contributed by atoms with Crippen LogP contribution in [0.5, 0.6) is 11.5 Å². The van der Waals surface area contributed by atoms with Crippen LogP contribution in [0.4, 0.5) is 5.82 Å². The zero-order valence-electron chi connectivity index (χ0n) is 23.6. The smallest absolute Gasteiger partial charge is 0.335 e. The van der Waals surface area contributed by atoms with E-state index in [1.165, 1.54) is 15.5 Å². The Balaban J connectivity index is 1.39. The molecule has 0 saturated carbocycles. The third kappa shape index (κ3) is 5.74. The molecule has 4 aromatic rings. The summed E-state index contributed by atoms with van der Waals surface area (Å²) in [7, 11) is 0. The van der Waals surface area contributed by atoms with Gasteiger partial charge in [0.1, 0.15) is 35.0 Å². The van der Waals surface area contributed by atoms with E-state index in [9.17, 15) is 20.0 Å². The molecule has 1 amide bonds. The van der Waals surface area contributed by atoms with Gasteiger partial charge in [-0.25, -0.2) is 14.8 Å². The van der Waals surface area contributed by atoms with Crippen molar-refractivity contribution in [2.24, 2.45) is 0 Å². The minimum atomic E-state index is -0.592. The van der Waals surface area contributed by atoms with Gasteiger partial charge in [0.25, 0.3) is 5.91 Å². The number of aromatic nitrogens is 4. The molecule has 12 nitrogen and oxygen atoms in total. The molecule has 0 spiro atoms. The first kappa shape index (κ1) is 28.5. The number of carbonyl (C=O) groups is 1. The van der Waals surface area contributed by atoms with E-state index in [4.69, 9.17) is 10.5 Å². The molecule has 2 aromatic heterocycles. The lowest BCUT2D eigenvalue weighted by atomic mass is 9.94. The van der Waals surface area contributed by atoms with E-state index in [-0.39, 0.29) is 17.9 Å². The molecule has 1 atom stereocenters. The predicted octanol–water partition coefficient (Wildman–Crippen LogP) is 2.37.